The molecule has 3 heteroatoms. The Bertz CT molecular complexity index is 332. The van der Waals surface area contributed by atoms with E-state index in [4.69, 9.17) is 0 Å². The second-order valence-corrected chi connectivity index (χ2v) is 4.19. The molecule has 0 bridgehead atoms. The third kappa shape index (κ3) is 3.20. The Balaban J connectivity index is 2.93. The molecule has 15 heavy (non-hydrogen) atoms. The van der Waals surface area contributed by atoms with Crippen molar-refractivity contribution < 1.29 is 0 Å². The van der Waals surface area contributed by atoms with Crippen LogP contribution in [0.25, 0.3) is 0 Å². The fourth-order valence-electron chi connectivity index (χ4n) is 1.60. The number of nitrogens with zero attached hydrogens (tertiary/aromatic N) is 1. The van der Waals surface area contributed by atoms with E-state index in [9.17, 15) is 0 Å². The van der Waals surface area contributed by atoms with Crippen molar-refractivity contribution in [3.05, 3.63) is 22.9 Å². The van der Waals surface area contributed by atoms with Crippen LogP contribution in [0.2, 0.25) is 0 Å². The summed E-state index contributed by atoms with van der Waals surface area (Å²) in [5.74, 6) is 0.987. The van der Waals surface area contributed by atoms with Crippen molar-refractivity contribution in [1.82, 2.24) is 10.3 Å². The molecule has 1 heterocycles. The first-order chi connectivity index (χ1) is 7.04. The molecule has 1 aromatic rings. The van der Waals surface area contributed by atoms with Crippen molar-refractivity contribution in [1.29, 1.82) is 0 Å². The fraction of sp³-hybridized carbons (Fsp3) is 0.583. The molecular weight excluding hydrogens is 186 g/mol. The third-order valence-electron chi connectivity index (χ3n) is 2.40. The number of pyridine rings is 1. The minimum Gasteiger partial charge on any atom is -0.373 e. The molecule has 0 saturated carbocycles. The SMILES string of the molecule is CNc1nc(C)cc(C)c1CNC(C)C. The first kappa shape index (κ1) is 12.0. The maximum atomic E-state index is 4.48. The highest BCUT2D eigenvalue weighted by atomic mass is 15.0. The second-order valence-electron chi connectivity index (χ2n) is 4.19. The number of hydrogen-bond donors (Lipinski definition) is 2. The summed E-state index contributed by atoms with van der Waals surface area (Å²) in [6.45, 7) is 9.32. The maximum Gasteiger partial charge on any atom is 0.130 e. The standard InChI is InChI=1S/C12H21N3/c1-8(2)14-7-11-9(3)6-10(4)15-12(11)13-5/h6,8,14H,7H2,1-5H3,(H,13,15). The molecule has 0 aliphatic heterocycles. The second kappa shape index (κ2) is 5.12. The lowest BCUT2D eigenvalue weighted by atomic mass is 10.1. The molecule has 84 valence electrons. The molecule has 0 aliphatic rings. The van der Waals surface area contributed by atoms with E-state index < -0.39 is 0 Å². The summed E-state index contributed by atoms with van der Waals surface area (Å²) < 4.78 is 0. The zero-order valence-electron chi connectivity index (χ0n) is 10.3. The van der Waals surface area contributed by atoms with Crippen LogP contribution in [0.4, 0.5) is 5.82 Å². The molecule has 0 radical (unpaired) electrons. The predicted molar refractivity (Wildman–Crippen MR) is 65.2 cm³/mol. The minimum absolute atomic E-state index is 0.496. The van der Waals surface area contributed by atoms with Gasteiger partial charge in [-0.05, 0) is 25.5 Å². The zero-order chi connectivity index (χ0) is 11.4. The van der Waals surface area contributed by atoms with Crippen LogP contribution in [0.3, 0.4) is 0 Å². The Morgan fingerprint density at radius 3 is 2.53 bits per heavy atom. The van der Waals surface area contributed by atoms with Gasteiger partial charge in [-0.15, -0.1) is 0 Å². The van der Waals surface area contributed by atoms with E-state index in [1.807, 2.05) is 14.0 Å². The van der Waals surface area contributed by atoms with E-state index in [1.165, 1.54) is 11.1 Å². The van der Waals surface area contributed by atoms with Gasteiger partial charge in [0.05, 0.1) is 0 Å². The monoisotopic (exact) mass is 207 g/mol. The van der Waals surface area contributed by atoms with E-state index in [-0.39, 0.29) is 0 Å². The zero-order valence-corrected chi connectivity index (χ0v) is 10.3. The first-order valence-corrected chi connectivity index (χ1v) is 5.43. The first-order valence-electron chi connectivity index (χ1n) is 5.43. The van der Waals surface area contributed by atoms with Gasteiger partial charge in [0.2, 0.25) is 0 Å². The number of aryl methyl sites for hydroxylation is 2. The summed E-state index contributed by atoms with van der Waals surface area (Å²) in [6, 6.07) is 2.62. The smallest absolute Gasteiger partial charge is 0.130 e. The highest BCUT2D eigenvalue weighted by molar-refractivity contribution is 5.48. The van der Waals surface area contributed by atoms with Crippen LogP contribution in [0.15, 0.2) is 6.07 Å². The lowest BCUT2D eigenvalue weighted by Gasteiger charge is -2.15. The van der Waals surface area contributed by atoms with Crippen molar-refractivity contribution >= 4 is 5.82 Å². The van der Waals surface area contributed by atoms with Crippen LogP contribution in [-0.4, -0.2) is 18.1 Å². The summed E-state index contributed by atoms with van der Waals surface area (Å²) in [7, 11) is 1.92. The quantitative estimate of drug-likeness (QED) is 0.795. The molecule has 0 amide bonds. The van der Waals surface area contributed by atoms with Crippen LogP contribution >= 0.6 is 0 Å². The Hall–Kier alpha value is -1.09. The largest absolute Gasteiger partial charge is 0.373 e. The predicted octanol–water partition coefficient (Wildman–Crippen LogP) is 2.24. The molecule has 1 rings (SSSR count). The molecule has 0 saturated heterocycles. The van der Waals surface area contributed by atoms with Crippen LogP contribution in [0.5, 0.6) is 0 Å². The van der Waals surface area contributed by atoms with E-state index in [2.05, 4.69) is 42.5 Å². The van der Waals surface area contributed by atoms with Gasteiger partial charge in [-0.3, -0.25) is 0 Å². The van der Waals surface area contributed by atoms with Gasteiger partial charge < -0.3 is 10.6 Å². The van der Waals surface area contributed by atoms with Crippen molar-refractivity contribution in [2.45, 2.75) is 40.3 Å². The fourth-order valence-corrected chi connectivity index (χ4v) is 1.60. The van der Waals surface area contributed by atoms with Gasteiger partial charge in [0.1, 0.15) is 5.82 Å². The average Bonchev–Trinajstić information content (AvgIpc) is 2.14. The van der Waals surface area contributed by atoms with E-state index in [0.29, 0.717) is 6.04 Å². The molecule has 0 fully saturated rings. The molecule has 0 aromatic carbocycles. The Labute approximate surface area is 92.3 Å². The molecule has 3 nitrogen and oxygen atoms in total. The molecule has 0 atom stereocenters. The highest BCUT2D eigenvalue weighted by Gasteiger charge is 2.07. The van der Waals surface area contributed by atoms with Gasteiger partial charge in [-0.1, -0.05) is 13.8 Å². The van der Waals surface area contributed by atoms with Gasteiger partial charge in [0.25, 0.3) is 0 Å². The number of rotatable bonds is 4. The maximum absolute atomic E-state index is 4.48. The van der Waals surface area contributed by atoms with Gasteiger partial charge in [0.15, 0.2) is 0 Å². The summed E-state index contributed by atoms with van der Waals surface area (Å²) in [4.78, 5) is 4.48. The summed E-state index contributed by atoms with van der Waals surface area (Å²) in [6.07, 6.45) is 0. The Morgan fingerprint density at radius 1 is 1.33 bits per heavy atom. The summed E-state index contributed by atoms with van der Waals surface area (Å²) in [5, 5.41) is 6.57. The lowest BCUT2D eigenvalue weighted by molar-refractivity contribution is 0.587. The number of aromatic nitrogens is 1. The van der Waals surface area contributed by atoms with Gasteiger partial charge in [-0.2, -0.15) is 0 Å². The van der Waals surface area contributed by atoms with E-state index >= 15 is 0 Å². The van der Waals surface area contributed by atoms with E-state index in [1.54, 1.807) is 0 Å². The molecule has 0 spiro atoms. The van der Waals surface area contributed by atoms with Crippen molar-refractivity contribution in [3.63, 3.8) is 0 Å². The van der Waals surface area contributed by atoms with Crippen molar-refractivity contribution in [2.75, 3.05) is 12.4 Å². The molecule has 1 aromatic heterocycles. The van der Waals surface area contributed by atoms with Crippen LogP contribution in [0.1, 0.15) is 30.7 Å². The third-order valence-corrected chi connectivity index (χ3v) is 2.40. The highest BCUT2D eigenvalue weighted by Crippen LogP contribution is 2.18. The summed E-state index contributed by atoms with van der Waals surface area (Å²) in [5.41, 5.74) is 3.61. The Morgan fingerprint density at radius 2 is 2.00 bits per heavy atom. The number of nitrogens with one attached hydrogen (secondary N) is 2. The average molecular weight is 207 g/mol. The molecule has 2 N–H and O–H groups in total. The number of anilines is 1. The van der Waals surface area contributed by atoms with Crippen LogP contribution < -0.4 is 10.6 Å². The summed E-state index contributed by atoms with van der Waals surface area (Å²) >= 11 is 0. The Kier molecular flexibility index (Phi) is 4.09. The van der Waals surface area contributed by atoms with Crippen molar-refractivity contribution in [3.8, 4) is 0 Å². The van der Waals surface area contributed by atoms with Crippen LogP contribution in [-0.2, 0) is 6.54 Å². The van der Waals surface area contributed by atoms with Crippen LogP contribution in [0, 0.1) is 13.8 Å². The molecular formula is C12H21N3. The van der Waals surface area contributed by atoms with Gasteiger partial charge in [0, 0.05) is 30.9 Å². The van der Waals surface area contributed by atoms with Crippen molar-refractivity contribution in [2.24, 2.45) is 0 Å². The number of hydrogen-bond acceptors (Lipinski definition) is 3. The topological polar surface area (TPSA) is 37.0 Å². The minimum atomic E-state index is 0.496. The normalized spacial score (nSPS) is 10.8. The molecule has 0 unspecified atom stereocenters. The van der Waals surface area contributed by atoms with Gasteiger partial charge in [-0.25, -0.2) is 4.98 Å². The van der Waals surface area contributed by atoms with Gasteiger partial charge >= 0.3 is 0 Å². The molecule has 0 aliphatic carbocycles. The lowest BCUT2D eigenvalue weighted by Crippen LogP contribution is -2.23. The van der Waals surface area contributed by atoms with E-state index in [0.717, 1.165) is 18.1 Å².